The van der Waals surface area contributed by atoms with Gasteiger partial charge in [0.1, 0.15) is 0 Å². The van der Waals surface area contributed by atoms with Crippen molar-refractivity contribution < 1.29 is 9.84 Å². The van der Waals surface area contributed by atoms with Crippen LogP contribution in [-0.2, 0) is 4.74 Å². The molecule has 1 aliphatic heterocycles. The van der Waals surface area contributed by atoms with Crippen LogP contribution in [0.25, 0.3) is 0 Å². The number of benzene rings is 1. The number of aliphatic hydroxyl groups excluding tert-OH is 1. The Bertz CT molecular complexity index is 322. The Hall–Kier alpha value is -0.610. The molecule has 0 radical (unpaired) electrons. The van der Waals surface area contributed by atoms with Gasteiger partial charge in [0.15, 0.2) is 0 Å². The second-order valence-electron chi connectivity index (χ2n) is 4.01. The van der Waals surface area contributed by atoms with Crippen molar-refractivity contribution in [2.24, 2.45) is 0 Å². The normalized spacial score (nSPS) is 22.2. The van der Waals surface area contributed by atoms with E-state index in [2.05, 4.69) is 5.32 Å². The molecule has 1 fully saturated rings. The first-order chi connectivity index (χ1) is 7.79. The number of ether oxygens (including phenoxy) is 1. The number of rotatable bonds is 4. The van der Waals surface area contributed by atoms with Crippen LogP contribution in [-0.4, -0.2) is 31.0 Å². The SMILES string of the molecule is OCC(NC1CCOC1)c1ccc(Cl)cc1. The van der Waals surface area contributed by atoms with E-state index < -0.39 is 0 Å². The lowest BCUT2D eigenvalue weighted by Crippen LogP contribution is -2.34. The molecule has 4 heteroatoms. The maximum atomic E-state index is 9.37. The molecule has 2 N–H and O–H groups in total. The first-order valence-corrected chi connectivity index (χ1v) is 5.87. The molecule has 0 spiro atoms. The molecular formula is C12H16ClNO2. The molecule has 88 valence electrons. The van der Waals surface area contributed by atoms with Gasteiger partial charge in [0.25, 0.3) is 0 Å². The van der Waals surface area contributed by atoms with Crippen molar-refractivity contribution in [3.63, 3.8) is 0 Å². The minimum absolute atomic E-state index is 0.0380. The van der Waals surface area contributed by atoms with Gasteiger partial charge in [-0.05, 0) is 24.1 Å². The maximum absolute atomic E-state index is 9.37. The van der Waals surface area contributed by atoms with Crippen LogP contribution in [0, 0.1) is 0 Å². The van der Waals surface area contributed by atoms with Crippen LogP contribution in [0.4, 0.5) is 0 Å². The minimum atomic E-state index is -0.0380. The Balaban J connectivity index is 2.00. The molecule has 0 aromatic heterocycles. The third-order valence-corrected chi connectivity index (χ3v) is 3.07. The van der Waals surface area contributed by atoms with Crippen LogP contribution in [0.15, 0.2) is 24.3 Å². The van der Waals surface area contributed by atoms with E-state index in [-0.39, 0.29) is 12.6 Å². The van der Waals surface area contributed by atoms with Crippen molar-refractivity contribution in [3.8, 4) is 0 Å². The molecule has 1 aliphatic rings. The lowest BCUT2D eigenvalue weighted by molar-refractivity contribution is 0.180. The highest BCUT2D eigenvalue weighted by Gasteiger charge is 2.20. The van der Waals surface area contributed by atoms with E-state index in [1.165, 1.54) is 0 Å². The smallest absolute Gasteiger partial charge is 0.0626 e. The first kappa shape index (κ1) is 11.9. The Morgan fingerprint density at radius 2 is 2.19 bits per heavy atom. The van der Waals surface area contributed by atoms with E-state index >= 15 is 0 Å². The standard InChI is InChI=1S/C12H16ClNO2/c13-10-3-1-9(2-4-10)12(7-15)14-11-5-6-16-8-11/h1-4,11-12,14-15H,5-8H2. The van der Waals surface area contributed by atoms with Crippen LogP contribution >= 0.6 is 11.6 Å². The third kappa shape index (κ3) is 2.95. The summed E-state index contributed by atoms with van der Waals surface area (Å²) in [4.78, 5) is 0. The zero-order chi connectivity index (χ0) is 11.4. The molecule has 2 atom stereocenters. The summed E-state index contributed by atoms with van der Waals surface area (Å²) < 4.78 is 5.29. The van der Waals surface area contributed by atoms with Crippen molar-refractivity contribution >= 4 is 11.6 Å². The molecule has 1 aromatic rings. The fraction of sp³-hybridized carbons (Fsp3) is 0.500. The zero-order valence-electron chi connectivity index (χ0n) is 9.03. The molecule has 0 amide bonds. The molecule has 1 aromatic carbocycles. The van der Waals surface area contributed by atoms with E-state index in [1.807, 2.05) is 24.3 Å². The fourth-order valence-electron chi connectivity index (χ4n) is 1.90. The van der Waals surface area contributed by atoms with Crippen LogP contribution in [0.3, 0.4) is 0 Å². The summed E-state index contributed by atoms with van der Waals surface area (Å²) in [5, 5.41) is 13.5. The summed E-state index contributed by atoms with van der Waals surface area (Å²) in [6.07, 6.45) is 1.00. The topological polar surface area (TPSA) is 41.5 Å². The van der Waals surface area contributed by atoms with Gasteiger partial charge in [-0.3, -0.25) is 0 Å². The molecule has 0 saturated carbocycles. The van der Waals surface area contributed by atoms with Crippen molar-refractivity contribution in [1.29, 1.82) is 0 Å². The van der Waals surface area contributed by atoms with Crippen LogP contribution < -0.4 is 5.32 Å². The van der Waals surface area contributed by atoms with Crippen molar-refractivity contribution in [1.82, 2.24) is 5.32 Å². The second-order valence-corrected chi connectivity index (χ2v) is 4.45. The van der Waals surface area contributed by atoms with E-state index in [0.717, 1.165) is 25.2 Å². The highest BCUT2D eigenvalue weighted by Crippen LogP contribution is 2.18. The first-order valence-electron chi connectivity index (χ1n) is 5.49. The monoisotopic (exact) mass is 241 g/mol. The lowest BCUT2D eigenvalue weighted by atomic mass is 10.1. The van der Waals surface area contributed by atoms with E-state index in [0.29, 0.717) is 11.1 Å². The summed E-state index contributed by atoms with van der Waals surface area (Å²) >= 11 is 5.83. The molecule has 3 nitrogen and oxygen atoms in total. The Labute approximate surface area is 100 Å². The summed E-state index contributed by atoms with van der Waals surface area (Å²) in [5.41, 5.74) is 1.05. The highest BCUT2D eigenvalue weighted by atomic mass is 35.5. The van der Waals surface area contributed by atoms with Crippen molar-refractivity contribution in [3.05, 3.63) is 34.9 Å². The van der Waals surface area contributed by atoms with Gasteiger partial charge in [0.2, 0.25) is 0 Å². The largest absolute Gasteiger partial charge is 0.394 e. The summed E-state index contributed by atoms with van der Waals surface area (Å²) in [6.45, 7) is 1.61. The van der Waals surface area contributed by atoms with Gasteiger partial charge >= 0.3 is 0 Å². The molecular weight excluding hydrogens is 226 g/mol. The number of halogens is 1. The zero-order valence-corrected chi connectivity index (χ0v) is 9.78. The fourth-order valence-corrected chi connectivity index (χ4v) is 2.03. The Kier molecular flexibility index (Phi) is 4.18. The number of hydrogen-bond acceptors (Lipinski definition) is 3. The van der Waals surface area contributed by atoms with Gasteiger partial charge in [-0.15, -0.1) is 0 Å². The Morgan fingerprint density at radius 1 is 1.44 bits per heavy atom. The number of aliphatic hydroxyl groups is 1. The predicted octanol–water partition coefficient (Wildman–Crippen LogP) is 1.75. The molecule has 1 heterocycles. The predicted molar refractivity (Wildman–Crippen MR) is 63.6 cm³/mol. The van der Waals surface area contributed by atoms with E-state index in [1.54, 1.807) is 0 Å². The van der Waals surface area contributed by atoms with Crippen LogP contribution in [0.5, 0.6) is 0 Å². The van der Waals surface area contributed by atoms with E-state index in [4.69, 9.17) is 16.3 Å². The second kappa shape index (κ2) is 5.64. The molecule has 0 aliphatic carbocycles. The molecule has 2 rings (SSSR count). The highest BCUT2D eigenvalue weighted by molar-refractivity contribution is 6.30. The number of nitrogens with one attached hydrogen (secondary N) is 1. The summed E-state index contributed by atoms with van der Waals surface area (Å²) in [5.74, 6) is 0. The van der Waals surface area contributed by atoms with E-state index in [9.17, 15) is 5.11 Å². The lowest BCUT2D eigenvalue weighted by Gasteiger charge is -2.20. The number of hydrogen-bond donors (Lipinski definition) is 2. The van der Waals surface area contributed by atoms with Crippen molar-refractivity contribution in [2.75, 3.05) is 19.8 Å². The third-order valence-electron chi connectivity index (χ3n) is 2.82. The van der Waals surface area contributed by atoms with Gasteiger partial charge in [-0.1, -0.05) is 23.7 Å². The molecule has 2 unspecified atom stereocenters. The van der Waals surface area contributed by atoms with Crippen LogP contribution in [0.2, 0.25) is 5.02 Å². The summed E-state index contributed by atoms with van der Waals surface area (Å²) in [6, 6.07) is 7.85. The van der Waals surface area contributed by atoms with Gasteiger partial charge in [-0.2, -0.15) is 0 Å². The minimum Gasteiger partial charge on any atom is -0.394 e. The average Bonchev–Trinajstić information content (AvgIpc) is 2.80. The molecule has 0 bridgehead atoms. The van der Waals surface area contributed by atoms with Gasteiger partial charge in [0, 0.05) is 17.7 Å². The van der Waals surface area contributed by atoms with Crippen molar-refractivity contribution in [2.45, 2.75) is 18.5 Å². The van der Waals surface area contributed by atoms with Gasteiger partial charge in [-0.25, -0.2) is 0 Å². The van der Waals surface area contributed by atoms with Gasteiger partial charge in [0.05, 0.1) is 19.3 Å². The Morgan fingerprint density at radius 3 is 2.75 bits per heavy atom. The average molecular weight is 242 g/mol. The molecule has 16 heavy (non-hydrogen) atoms. The quantitative estimate of drug-likeness (QED) is 0.844. The maximum Gasteiger partial charge on any atom is 0.0626 e. The molecule has 1 saturated heterocycles. The summed E-state index contributed by atoms with van der Waals surface area (Å²) in [7, 11) is 0. The van der Waals surface area contributed by atoms with Gasteiger partial charge < -0.3 is 15.2 Å². The van der Waals surface area contributed by atoms with Crippen LogP contribution in [0.1, 0.15) is 18.0 Å².